The molecule has 0 saturated heterocycles. The molecular weight excluding hydrogens is 316 g/mol. The lowest BCUT2D eigenvalue weighted by Gasteiger charge is -2.09. The molecule has 0 aliphatic carbocycles. The third-order valence-corrected chi connectivity index (χ3v) is 3.71. The van der Waals surface area contributed by atoms with Gasteiger partial charge in [-0.3, -0.25) is 9.48 Å². The molecular formula is C17H21F2N3O2. The van der Waals surface area contributed by atoms with Crippen LogP contribution in [0.2, 0.25) is 0 Å². The van der Waals surface area contributed by atoms with Gasteiger partial charge in [0.15, 0.2) is 11.6 Å². The first-order chi connectivity index (χ1) is 11.4. The van der Waals surface area contributed by atoms with Crippen LogP contribution in [0, 0.1) is 11.6 Å². The summed E-state index contributed by atoms with van der Waals surface area (Å²) in [4.78, 5) is 12.3. The Kier molecular flexibility index (Phi) is 5.54. The van der Waals surface area contributed by atoms with Gasteiger partial charge < -0.3 is 10.1 Å². The highest BCUT2D eigenvalue weighted by Gasteiger charge is 2.18. The van der Waals surface area contributed by atoms with E-state index in [1.807, 2.05) is 20.8 Å². The SMILES string of the molecule is CCn1nc(C(C)C)cc1C(=O)NCc1ccc(OC)c(F)c1F. The van der Waals surface area contributed by atoms with Gasteiger partial charge in [-0.15, -0.1) is 0 Å². The average Bonchev–Trinajstić information content (AvgIpc) is 3.00. The van der Waals surface area contributed by atoms with Crippen molar-refractivity contribution in [2.75, 3.05) is 7.11 Å². The zero-order valence-corrected chi connectivity index (χ0v) is 14.2. The van der Waals surface area contributed by atoms with Crippen LogP contribution in [0.15, 0.2) is 18.2 Å². The minimum atomic E-state index is -1.06. The second-order valence-electron chi connectivity index (χ2n) is 5.66. The van der Waals surface area contributed by atoms with Crippen molar-refractivity contribution in [3.05, 3.63) is 46.8 Å². The maximum absolute atomic E-state index is 13.9. The Hall–Kier alpha value is -2.44. The number of hydrogen-bond donors (Lipinski definition) is 1. The van der Waals surface area contributed by atoms with Crippen molar-refractivity contribution < 1.29 is 18.3 Å². The van der Waals surface area contributed by atoms with Gasteiger partial charge in [-0.1, -0.05) is 19.9 Å². The van der Waals surface area contributed by atoms with Crippen molar-refractivity contribution in [2.24, 2.45) is 0 Å². The Morgan fingerprint density at radius 3 is 2.62 bits per heavy atom. The summed E-state index contributed by atoms with van der Waals surface area (Å²) in [5, 5.41) is 6.96. The van der Waals surface area contributed by atoms with Gasteiger partial charge >= 0.3 is 0 Å². The van der Waals surface area contributed by atoms with E-state index in [0.29, 0.717) is 12.2 Å². The number of carbonyl (C=O) groups is 1. The lowest BCUT2D eigenvalue weighted by molar-refractivity contribution is 0.0939. The fourth-order valence-corrected chi connectivity index (χ4v) is 2.27. The third kappa shape index (κ3) is 3.55. The topological polar surface area (TPSA) is 56.2 Å². The number of amides is 1. The Bertz CT molecular complexity index is 742. The second kappa shape index (κ2) is 7.42. The number of rotatable bonds is 6. The fraction of sp³-hybridized carbons (Fsp3) is 0.412. The van der Waals surface area contributed by atoms with E-state index in [2.05, 4.69) is 10.4 Å². The molecule has 0 saturated carbocycles. The monoisotopic (exact) mass is 337 g/mol. The van der Waals surface area contributed by atoms with Gasteiger partial charge in [0.25, 0.3) is 5.91 Å². The van der Waals surface area contributed by atoms with E-state index in [-0.39, 0.29) is 29.7 Å². The molecule has 1 aromatic carbocycles. The first kappa shape index (κ1) is 17.9. The van der Waals surface area contributed by atoms with Crippen LogP contribution in [-0.4, -0.2) is 22.8 Å². The predicted molar refractivity (Wildman–Crippen MR) is 86.1 cm³/mol. The molecule has 1 heterocycles. The zero-order valence-electron chi connectivity index (χ0n) is 14.2. The summed E-state index contributed by atoms with van der Waals surface area (Å²) >= 11 is 0. The average molecular weight is 337 g/mol. The second-order valence-corrected chi connectivity index (χ2v) is 5.66. The van der Waals surface area contributed by atoms with E-state index in [1.54, 1.807) is 10.7 Å². The summed E-state index contributed by atoms with van der Waals surface area (Å²) in [6.07, 6.45) is 0. The molecule has 24 heavy (non-hydrogen) atoms. The summed E-state index contributed by atoms with van der Waals surface area (Å²) in [5.74, 6) is -2.45. The number of aryl methyl sites for hydroxylation is 1. The number of hydrogen-bond acceptors (Lipinski definition) is 3. The number of nitrogens with zero attached hydrogens (tertiary/aromatic N) is 2. The van der Waals surface area contributed by atoms with Crippen LogP contribution in [0.1, 0.15) is 48.4 Å². The van der Waals surface area contributed by atoms with Crippen LogP contribution in [0.3, 0.4) is 0 Å². The molecule has 1 aromatic heterocycles. The number of benzene rings is 1. The Morgan fingerprint density at radius 2 is 2.04 bits per heavy atom. The summed E-state index contributed by atoms with van der Waals surface area (Å²) in [6.45, 7) is 6.27. The van der Waals surface area contributed by atoms with E-state index in [1.165, 1.54) is 19.2 Å². The highest BCUT2D eigenvalue weighted by Crippen LogP contribution is 2.22. The van der Waals surface area contributed by atoms with Crippen molar-refractivity contribution in [2.45, 2.75) is 39.8 Å². The van der Waals surface area contributed by atoms with Gasteiger partial charge in [0.1, 0.15) is 5.69 Å². The first-order valence-corrected chi connectivity index (χ1v) is 7.75. The molecule has 0 aliphatic rings. The number of aromatic nitrogens is 2. The molecule has 0 fully saturated rings. The molecule has 2 rings (SSSR count). The molecule has 0 atom stereocenters. The van der Waals surface area contributed by atoms with Gasteiger partial charge in [0, 0.05) is 18.7 Å². The molecule has 0 spiro atoms. The number of nitrogens with one attached hydrogen (secondary N) is 1. The van der Waals surface area contributed by atoms with Gasteiger partial charge in [-0.2, -0.15) is 9.49 Å². The molecule has 0 bridgehead atoms. The Labute approximate surface area is 139 Å². The molecule has 1 amide bonds. The Balaban J connectivity index is 2.15. The molecule has 5 nitrogen and oxygen atoms in total. The highest BCUT2D eigenvalue weighted by molar-refractivity contribution is 5.92. The van der Waals surface area contributed by atoms with Crippen molar-refractivity contribution in [3.63, 3.8) is 0 Å². The first-order valence-electron chi connectivity index (χ1n) is 7.75. The van der Waals surface area contributed by atoms with Gasteiger partial charge in [0.05, 0.1) is 12.8 Å². The van der Waals surface area contributed by atoms with Crippen molar-refractivity contribution >= 4 is 5.91 Å². The predicted octanol–water partition coefficient (Wildman–Crippen LogP) is 3.24. The largest absolute Gasteiger partial charge is 0.494 e. The minimum Gasteiger partial charge on any atom is -0.494 e. The van der Waals surface area contributed by atoms with Gasteiger partial charge in [-0.25, -0.2) is 4.39 Å². The van der Waals surface area contributed by atoms with Crippen LogP contribution < -0.4 is 10.1 Å². The molecule has 0 unspecified atom stereocenters. The lowest BCUT2D eigenvalue weighted by Crippen LogP contribution is -2.26. The summed E-state index contributed by atoms with van der Waals surface area (Å²) in [6, 6.07) is 4.43. The molecule has 130 valence electrons. The fourth-order valence-electron chi connectivity index (χ4n) is 2.27. The van der Waals surface area contributed by atoms with Crippen LogP contribution in [0.25, 0.3) is 0 Å². The summed E-state index contributed by atoms with van der Waals surface area (Å²) < 4.78 is 33.9. The highest BCUT2D eigenvalue weighted by atomic mass is 19.2. The molecule has 7 heteroatoms. The smallest absolute Gasteiger partial charge is 0.269 e. The Morgan fingerprint density at radius 1 is 1.33 bits per heavy atom. The molecule has 1 N–H and O–H groups in total. The zero-order chi connectivity index (χ0) is 17.9. The normalized spacial score (nSPS) is 11.0. The molecule has 0 radical (unpaired) electrons. The van der Waals surface area contributed by atoms with Crippen LogP contribution in [0.5, 0.6) is 5.75 Å². The van der Waals surface area contributed by atoms with E-state index < -0.39 is 11.6 Å². The van der Waals surface area contributed by atoms with Crippen molar-refractivity contribution in [1.82, 2.24) is 15.1 Å². The maximum atomic E-state index is 13.9. The van der Waals surface area contributed by atoms with Crippen molar-refractivity contribution in [1.29, 1.82) is 0 Å². The summed E-state index contributed by atoms with van der Waals surface area (Å²) in [5.41, 5.74) is 1.26. The number of halogens is 2. The maximum Gasteiger partial charge on any atom is 0.269 e. The van der Waals surface area contributed by atoms with E-state index >= 15 is 0 Å². The molecule has 0 aliphatic heterocycles. The van der Waals surface area contributed by atoms with Crippen LogP contribution >= 0.6 is 0 Å². The number of carbonyl (C=O) groups excluding carboxylic acids is 1. The van der Waals surface area contributed by atoms with Crippen molar-refractivity contribution in [3.8, 4) is 5.75 Å². The quantitative estimate of drug-likeness (QED) is 0.880. The van der Waals surface area contributed by atoms with Crippen LogP contribution in [0.4, 0.5) is 8.78 Å². The van der Waals surface area contributed by atoms with Gasteiger partial charge in [0.2, 0.25) is 5.82 Å². The third-order valence-electron chi connectivity index (χ3n) is 3.71. The van der Waals surface area contributed by atoms with E-state index in [0.717, 1.165) is 5.69 Å². The standard InChI is InChI=1S/C17H21F2N3O2/c1-5-22-13(8-12(21-22)10(2)3)17(23)20-9-11-6-7-14(24-4)16(19)15(11)18/h6-8,10H,5,9H2,1-4H3,(H,20,23). The van der Waals surface area contributed by atoms with Gasteiger partial charge in [-0.05, 0) is 25.0 Å². The van der Waals surface area contributed by atoms with Crippen LogP contribution in [-0.2, 0) is 13.1 Å². The van der Waals surface area contributed by atoms with E-state index in [4.69, 9.17) is 4.74 Å². The lowest BCUT2D eigenvalue weighted by atomic mass is 10.1. The number of ether oxygens (including phenoxy) is 1. The minimum absolute atomic E-state index is 0.0493. The number of methoxy groups -OCH3 is 1. The van der Waals surface area contributed by atoms with E-state index in [9.17, 15) is 13.6 Å². The molecule has 2 aromatic rings. The summed E-state index contributed by atoms with van der Waals surface area (Å²) in [7, 11) is 1.26.